The van der Waals surface area contributed by atoms with E-state index in [1.165, 1.54) is 231 Å². The Bertz CT molecular complexity index is 936. The molecule has 0 aliphatic carbocycles. The van der Waals surface area contributed by atoms with Crippen LogP contribution in [0.1, 0.15) is 310 Å². The first kappa shape index (κ1) is 57.3. The Morgan fingerprint density at radius 1 is 0.254 bits per heavy atom. The van der Waals surface area contributed by atoms with E-state index in [1.807, 2.05) is 0 Å². The van der Waals surface area contributed by atoms with Crippen molar-refractivity contribution >= 4 is 7.82 Å². The van der Waals surface area contributed by atoms with Gasteiger partial charge in [0.1, 0.15) is 18.3 Å². The molecule has 0 rings (SSSR count). The second-order valence-corrected chi connectivity index (χ2v) is 19.0. The molecule has 5 heteroatoms. The third kappa shape index (κ3) is 48.8. The fraction of sp³-hybridized carbons (Fsp3) is 0.889. The van der Waals surface area contributed by atoms with Crippen molar-refractivity contribution < 1.29 is 18.1 Å². The summed E-state index contributed by atoms with van der Waals surface area (Å²) in [6.07, 6.45) is 65.6. The Labute approximate surface area is 370 Å². The molecule has 0 aliphatic rings. The van der Waals surface area contributed by atoms with Crippen molar-refractivity contribution in [2.45, 2.75) is 310 Å². The largest absolute Gasteiger partial charge is 0.673 e. The van der Waals surface area contributed by atoms with Crippen LogP contribution < -0.4 is 0 Å². The van der Waals surface area contributed by atoms with Crippen LogP contribution in [0, 0.1) is 36.1 Å². The standard InChI is InChI=1S/C54H99O4P/c1-4-7-10-13-16-19-22-25-28-31-34-37-40-43-46-49-52-56-59(55,57-53-50-47-44-41-38-35-32-29-26-23-20-17-14-11-8-5-2)58-54-51-48-45-42-39-36-33-30-27-24-21-18-15-12-9-6-3/h4-48H2,1-3H3. The third-order valence-corrected chi connectivity index (χ3v) is 12.6. The molecule has 0 heterocycles. The van der Waals surface area contributed by atoms with Gasteiger partial charge in [-0.2, -0.15) is 4.57 Å². The average Bonchev–Trinajstić information content (AvgIpc) is 3.24. The minimum atomic E-state index is -4.01. The van der Waals surface area contributed by atoms with E-state index < -0.39 is 7.82 Å². The lowest BCUT2D eigenvalue weighted by atomic mass is 10.0. The monoisotopic (exact) mass is 843 g/mol. The highest BCUT2D eigenvalue weighted by Crippen LogP contribution is 2.48. The minimum absolute atomic E-state index is 0.702. The molecule has 0 aromatic carbocycles. The van der Waals surface area contributed by atoms with Crippen LogP contribution >= 0.6 is 7.82 Å². The maximum absolute atomic E-state index is 13.3. The van der Waals surface area contributed by atoms with E-state index in [4.69, 9.17) is 13.6 Å². The Morgan fingerprint density at radius 2 is 0.407 bits per heavy atom. The van der Waals surface area contributed by atoms with Crippen LogP contribution in [-0.4, -0.2) is 0 Å². The fourth-order valence-electron chi connectivity index (χ4n) is 7.70. The predicted molar refractivity (Wildman–Crippen MR) is 259 cm³/mol. The molecule has 344 valence electrons. The Kier molecular flexibility index (Phi) is 49.2. The summed E-state index contributed by atoms with van der Waals surface area (Å²) in [7, 11) is -4.01. The molecular weight excluding hydrogens is 744 g/mol. The van der Waals surface area contributed by atoms with Crippen LogP contribution in [0.4, 0.5) is 0 Å². The van der Waals surface area contributed by atoms with E-state index >= 15 is 0 Å². The van der Waals surface area contributed by atoms with E-state index in [0.29, 0.717) is 19.3 Å². The zero-order valence-electron chi connectivity index (χ0n) is 39.9. The first-order valence-corrected chi connectivity index (χ1v) is 27.7. The molecule has 0 radical (unpaired) electrons. The molecule has 0 saturated heterocycles. The molecular formula is C54H99O4P. The summed E-state index contributed by atoms with van der Waals surface area (Å²) >= 11 is 0. The van der Waals surface area contributed by atoms with Gasteiger partial charge >= 0.3 is 7.82 Å². The smallest absolute Gasteiger partial charge is 0.331 e. The Hall–Kier alpha value is -1.69. The van der Waals surface area contributed by atoms with Gasteiger partial charge in [0, 0.05) is 19.3 Å². The second-order valence-electron chi connectivity index (χ2n) is 17.6. The summed E-state index contributed by atoms with van der Waals surface area (Å²) < 4.78 is 29.4. The molecule has 59 heavy (non-hydrogen) atoms. The summed E-state index contributed by atoms with van der Waals surface area (Å²) in [5.74, 6) is 9.00. The van der Waals surface area contributed by atoms with Gasteiger partial charge in [-0.1, -0.05) is 289 Å². The zero-order valence-corrected chi connectivity index (χ0v) is 40.8. The number of rotatable bonds is 45. The van der Waals surface area contributed by atoms with Gasteiger partial charge in [0.15, 0.2) is 0 Å². The molecule has 0 aromatic heterocycles. The summed E-state index contributed by atoms with van der Waals surface area (Å²) in [5.41, 5.74) is 0. The minimum Gasteiger partial charge on any atom is -0.331 e. The summed E-state index contributed by atoms with van der Waals surface area (Å²) in [5, 5.41) is 0. The predicted octanol–water partition coefficient (Wildman–Crippen LogP) is 19.6. The van der Waals surface area contributed by atoms with Crippen LogP contribution in [0.25, 0.3) is 0 Å². The van der Waals surface area contributed by atoms with Gasteiger partial charge in [-0.15, -0.1) is 0 Å². The van der Waals surface area contributed by atoms with Crippen molar-refractivity contribution in [3.63, 3.8) is 0 Å². The van der Waals surface area contributed by atoms with Gasteiger partial charge in [-0.25, -0.2) is 0 Å². The van der Waals surface area contributed by atoms with E-state index in [1.54, 1.807) is 0 Å². The summed E-state index contributed by atoms with van der Waals surface area (Å²) in [6.45, 7) is 6.85. The SMILES string of the molecule is CCCCCCCCCCCCCCCCC#COP(=O)(OC#CCCCCCCCCCCCCCCCC)OC#CCCCCCCCCCCCCCCCC. The van der Waals surface area contributed by atoms with Gasteiger partial charge in [0.05, 0.1) is 0 Å². The zero-order chi connectivity index (χ0) is 42.7. The van der Waals surface area contributed by atoms with Gasteiger partial charge in [0.2, 0.25) is 0 Å². The van der Waals surface area contributed by atoms with Gasteiger partial charge in [0.25, 0.3) is 0 Å². The molecule has 0 atom stereocenters. The normalized spacial score (nSPS) is 11.0. The molecule has 4 nitrogen and oxygen atoms in total. The van der Waals surface area contributed by atoms with Crippen molar-refractivity contribution in [1.82, 2.24) is 0 Å². The van der Waals surface area contributed by atoms with Gasteiger partial charge in [-0.05, 0) is 19.3 Å². The number of phosphoric ester groups is 1. The van der Waals surface area contributed by atoms with Crippen LogP contribution in [0.15, 0.2) is 0 Å². The number of hydrogen-bond acceptors (Lipinski definition) is 4. The molecule has 0 fully saturated rings. The Morgan fingerprint density at radius 3 is 0.576 bits per heavy atom. The van der Waals surface area contributed by atoms with Crippen LogP contribution in [0.2, 0.25) is 0 Å². The number of unbranched alkanes of at least 4 members (excludes halogenated alkanes) is 42. The lowest BCUT2D eigenvalue weighted by Crippen LogP contribution is -1.90. The molecule has 0 aliphatic heterocycles. The molecule has 0 N–H and O–H groups in total. The van der Waals surface area contributed by atoms with Gasteiger partial charge in [-0.3, -0.25) is 0 Å². The molecule has 0 bridgehead atoms. The molecule has 0 unspecified atom stereocenters. The summed E-state index contributed by atoms with van der Waals surface area (Å²) in [6, 6.07) is 0. The van der Waals surface area contributed by atoms with Crippen molar-refractivity contribution in [2.24, 2.45) is 0 Å². The number of phosphoric acid groups is 1. The second kappa shape index (κ2) is 50.7. The van der Waals surface area contributed by atoms with E-state index in [0.717, 1.165) is 38.5 Å². The van der Waals surface area contributed by atoms with Crippen molar-refractivity contribution in [1.29, 1.82) is 0 Å². The molecule has 0 aromatic rings. The topological polar surface area (TPSA) is 44.8 Å². The fourth-order valence-corrected chi connectivity index (χ4v) is 8.34. The van der Waals surface area contributed by atoms with Crippen LogP contribution in [0.3, 0.4) is 0 Å². The summed E-state index contributed by atoms with van der Waals surface area (Å²) in [4.78, 5) is 0. The molecule has 0 spiro atoms. The van der Waals surface area contributed by atoms with Crippen LogP contribution in [-0.2, 0) is 18.1 Å². The average molecular weight is 843 g/mol. The highest BCUT2D eigenvalue weighted by molar-refractivity contribution is 7.49. The third-order valence-electron chi connectivity index (χ3n) is 11.7. The quantitative estimate of drug-likeness (QED) is 0.0348. The van der Waals surface area contributed by atoms with Crippen LogP contribution in [0.5, 0.6) is 0 Å². The maximum atomic E-state index is 13.3. The highest BCUT2D eigenvalue weighted by Gasteiger charge is 2.30. The van der Waals surface area contributed by atoms with E-state index in [-0.39, 0.29) is 0 Å². The maximum Gasteiger partial charge on any atom is 0.673 e. The number of hydrogen-bond donors (Lipinski definition) is 0. The van der Waals surface area contributed by atoms with Gasteiger partial charge < -0.3 is 13.6 Å². The Balaban J connectivity index is 4.34. The molecule has 0 amide bonds. The molecule has 0 saturated carbocycles. The first-order valence-electron chi connectivity index (χ1n) is 26.3. The first-order chi connectivity index (χ1) is 29.2. The lowest BCUT2D eigenvalue weighted by Gasteiger charge is -2.07. The van der Waals surface area contributed by atoms with E-state index in [9.17, 15) is 4.57 Å². The van der Waals surface area contributed by atoms with E-state index in [2.05, 4.69) is 56.9 Å². The van der Waals surface area contributed by atoms with Crippen molar-refractivity contribution in [3.8, 4) is 36.1 Å². The lowest BCUT2D eigenvalue weighted by molar-refractivity contribution is 0.258. The van der Waals surface area contributed by atoms with Crippen molar-refractivity contribution in [2.75, 3.05) is 0 Å². The highest BCUT2D eigenvalue weighted by atomic mass is 31.2. The van der Waals surface area contributed by atoms with Crippen molar-refractivity contribution in [3.05, 3.63) is 0 Å².